The minimum absolute atomic E-state index is 0.197. The maximum atomic E-state index is 12.5. The second-order valence-corrected chi connectivity index (χ2v) is 5.44. The molecule has 2 heterocycles. The number of benzene rings is 2. The third-order valence-electron chi connectivity index (χ3n) is 3.49. The Morgan fingerprint density at radius 1 is 0.926 bits per heavy atom. The van der Waals surface area contributed by atoms with E-state index < -0.39 is 0 Å². The van der Waals surface area contributed by atoms with Gasteiger partial charge in [-0.25, -0.2) is 0 Å². The number of rotatable bonds is 2. The minimum Gasteiger partial charge on any atom is -0.335 e. The van der Waals surface area contributed by atoms with Crippen LogP contribution in [-0.4, -0.2) is 15.1 Å². The molecule has 0 saturated heterocycles. The zero-order chi connectivity index (χ0) is 19.8. The highest BCUT2D eigenvalue weighted by Crippen LogP contribution is 2.26. The molecule has 0 spiro atoms. The molecule has 0 radical (unpaired) electrons. The molecule has 0 bridgehead atoms. The topological polar surface area (TPSA) is 71.8 Å². The molecule has 27 heavy (non-hydrogen) atoms. The summed E-state index contributed by atoms with van der Waals surface area (Å²) in [4.78, 5) is 19.6. The standard InChI is InChI=1S/C17H10ClN3O2.2C2H6/c18-12-8-4-7-11(9-12)15-19-16(22)13-14(21-23-17(13)20-15)10-5-2-1-3-6-10;2*1-2/h1-9H,(H,19,20,22);2*1-2H3. The first-order valence-corrected chi connectivity index (χ1v) is 9.31. The zero-order valence-corrected chi connectivity index (χ0v) is 16.5. The lowest BCUT2D eigenvalue weighted by molar-refractivity contribution is 0.451. The largest absolute Gasteiger partial charge is 0.335 e. The molecule has 2 aromatic heterocycles. The van der Waals surface area contributed by atoms with E-state index in [-0.39, 0.29) is 11.3 Å². The van der Waals surface area contributed by atoms with Gasteiger partial charge in [0, 0.05) is 16.1 Å². The van der Waals surface area contributed by atoms with Gasteiger partial charge in [0.1, 0.15) is 16.9 Å². The molecule has 4 aromatic rings. The summed E-state index contributed by atoms with van der Waals surface area (Å²) >= 11 is 5.98. The molecule has 0 aliphatic carbocycles. The van der Waals surface area contributed by atoms with Gasteiger partial charge in [-0.1, -0.05) is 86.9 Å². The maximum Gasteiger partial charge on any atom is 0.265 e. The van der Waals surface area contributed by atoms with Gasteiger partial charge in [0.2, 0.25) is 0 Å². The first-order chi connectivity index (χ1) is 13.2. The van der Waals surface area contributed by atoms with E-state index in [1.807, 2.05) is 64.1 Å². The highest BCUT2D eigenvalue weighted by molar-refractivity contribution is 6.30. The fraction of sp³-hybridized carbons (Fsp3) is 0.190. The van der Waals surface area contributed by atoms with Crippen molar-refractivity contribution in [2.75, 3.05) is 0 Å². The number of hydrogen-bond acceptors (Lipinski definition) is 4. The number of nitrogens with zero attached hydrogens (tertiary/aromatic N) is 2. The third-order valence-corrected chi connectivity index (χ3v) is 3.73. The van der Waals surface area contributed by atoms with Gasteiger partial charge >= 0.3 is 0 Å². The van der Waals surface area contributed by atoms with E-state index in [4.69, 9.17) is 16.1 Å². The van der Waals surface area contributed by atoms with Crippen LogP contribution in [0.2, 0.25) is 5.02 Å². The zero-order valence-electron chi connectivity index (χ0n) is 15.8. The Bertz CT molecular complexity index is 1060. The van der Waals surface area contributed by atoms with Crippen LogP contribution < -0.4 is 5.56 Å². The number of aromatic amines is 1. The number of hydrogen-bond donors (Lipinski definition) is 1. The van der Waals surface area contributed by atoms with Crippen molar-refractivity contribution in [3.05, 3.63) is 70.0 Å². The number of H-pyrrole nitrogens is 1. The molecule has 0 atom stereocenters. The van der Waals surface area contributed by atoms with Gasteiger partial charge in [0.25, 0.3) is 11.3 Å². The van der Waals surface area contributed by atoms with Crippen LogP contribution in [0.15, 0.2) is 63.9 Å². The second-order valence-electron chi connectivity index (χ2n) is 5.00. The normalized spacial score (nSPS) is 9.81. The Morgan fingerprint density at radius 3 is 2.26 bits per heavy atom. The second kappa shape index (κ2) is 9.69. The van der Waals surface area contributed by atoms with E-state index in [1.165, 1.54) is 0 Å². The van der Waals surface area contributed by atoms with Crippen molar-refractivity contribution < 1.29 is 4.52 Å². The fourth-order valence-electron chi connectivity index (χ4n) is 2.43. The summed E-state index contributed by atoms with van der Waals surface area (Å²) in [5, 5.41) is 4.89. The van der Waals surface area contributed by atoms with Crippen molar-refractivity contribution in [3.8, 4) is 22.6 Å². The molecule has 0 unspecified atom stereocenters. The van der Waals surface area contributed by atoms with Gasteiger partial charge in [-0.2, -0.15) is 4.98 Å². The molecule has 0 aliphatic heterocycles. The van der Waals surface area contributed by atoms with Crippen molar-refractivity contribution in [1.29, 1.82) is 0 Å². The van der Waals surface area contributed by atoms with Crippen LogP contribution in [0.4, 0.5) is 0 Å². The lowest BCUT2D eigenvalue weighted by atomic mass is 10.1. The van der Waals surface area contributed by atoms with E-state index >= 15 is 0 Å². The van der Waals surface area contributed by atoms with Crippen molar-refractivity contribution in [3.63, 3.8) is 0 Å². The first-order valence-electron chi connectivity index (χ1n) is 8.93. The number of aromatic nitrogens is 3. The molecular formula is C21H22ClN3O2. The monoisotopic (exact) mass is 383 g/mol. The highest BCUT2D eigenvalue weighted by Gasteiger charge is 2.17. The van der Waals surface area contributed by atoms with Gasteiger partial charge < -0.3 is 9.51 Å². The van der Waals surface area contributed by atoms with E-state index in [0.717, 1.165) is 5.56 Å². The summed E-state index contributed by atoms with van der Waals surface area (Å²) in [5.74, 6) is 0.390. The Morgan fingerprint density at radius 2 is 1.59 bits per heavy atom. The number of halogens is 1. The summed E-state index contributed by atoms with van der Waals surface area (Å²) < 4.78 is 5.26. The van der Waals surface area contributed by atoms with Crippen LogP contribution in [0.3, 0.4) is 0 Å². The summed E-state index contributed by atoms with van der Waals surface area (Å²) in [6.45, 7) is 8.00. The molecule has 0 amide bonds. The molecule has 5 nitrogen and oxygen atoms in total. The van der Waals surface area contributed by atoms with Gasteiger partial charge in [-0.05, 0) is 12.1 Å². The van der Waals surface area contributed by atoms with Crippen LogP contribution in [0.25, 0.3) is 33.7 Å². The molecule has 6 heteroatoms. The highest BCUT2D eigenvalue weighted by atomic mass is 35.5. The summed E-state index contributed by atoms with van der Waals surface area (Å²) in [6.07, 6.45) is 0. The average Bonchev–Trinajstić information content (AvgIpc) is 3.16. The molecule has 1 N–H and O–H groups in total. The van der Waals surface area contributed by atoms with Gasteiger partial charge in [0.05, 0.1) is 0 Å². The first kappa shape index (κ1) is 20.4. The molecule has 0 saturated carbocycles. The Hall–Kier alpha value is -2.92. The number of nitrogens with one attached hydrogen (secondary N) is 1. The SMILES string of the molecule is CC.CC.O=c1[nH]c(-c2cccc(Cl)c2)nc2onc(-c3ccccc3)c12. The Kier molecular flexibility index (Phi) is 7.32. The van der Waals surface area contributed by atoms with Crippen LogP contribution in [-0.2, 0) is 0 Å². The summed E-state index contributed by atoms with van der Waals surface area (Å²) in [7, 11) is 0. The maximum absolute atomic E-state index is 12.5. The molecule has 2 aromatic carbocycles. The average molecular weight is 384 g/mol. The Labute approximate surface area is 163 Å². The molecule has 140 valence electrons. The lowest BCUT2D eigenvalue weighted by Crippen LogP contribution is -2.09. The molecule has 0 aliphatic rings. The van der Waals surface area contributed by atoms with Crippen LogP contribution in [0, 0.1) is 0 Å². The lowest BCUT2D eigenvalue weighted by Gasteiger charge is -2.01. The molecule has 4 rings (SSSR count). The van der Waals surface area contributed by atoms with E-state index in [1.54, 1.807) is 18.2 Å². The van der Waals surface area contributed by atoms with Gasteiger partial charge in [0.15, 0.2) is 0 Å². The molecular weight excluding hydrogens is 362 g/mol. The fourth-order valence-corrected chi connectivity index (χ4v) is 2.62. The summed E-state index contributed by atoms with van der Waals surface area (Å²) in [5.41, 5.74) is 1.88. The number of fused-ring (bicyclic) bond motifs is 1. The van der Waals surface area contributed by atoms with E-state index in [9.17, 15) is 4.79 Å². The third kappa shape index (κ3) is 4.44. The smallest absolute Gasteiger partial charge is 0.265 e. The van der Waals surface area contributed by atoms with Crippen LogP contribution in [0.1, 0.15) is 27.7 Å². The van der Waals surface area contributed by atoms with Crippen molar-refractivity contribution in [2.24, 2.45) is 0 Å². The van der Waals surface area contributed by atoms with E-state index in [2.05, 4.69) is 15.1 Å². The van der Waals surface area contributed by atoms with Crippen LogP contribution >= 0.6 is 11.6 Å². The van der Waals surface area contributed by atoms with E-state index in [0.29, 0.717) is 27.5 Å². The van der Waals surface area contributed by atoms with Crippen molar-refractivity contribution in [2.45, 2.75) is 27.7 Å². The van der Waals surface area contributed by atoms with Crippen LogP contribution in [0.5, 0.6) is 0 Å². The quantitative estimate of drug-likeness (QED) is 0.464. The summed E-state index contributed by atoms with van der Waals surface area (Å²) in [6, 6.07) is 16.4. The van der Waals surface area contributed by atoms with Gasteiger partial charge in [-0.15, -0.1) is 0 Å². The Balaban J connectivity index is 0.000000614. The molecule has 0 fully saturated rings. The predicted octanol–water partition coefficient (Wildman–Crippen LogP) is 5.95. The van der Waals surface area contributed by atoms with Gasteiger partial charge in [-0.3, -0.25) is 4.79 Å². The van der Waals surface area contributed by atoms with Crippen molar-refractivity contribution in [1.82, 2.24) is 15.1 Å². The predicted molar refractivity (Wildman–Crippen MR) is 111 cm³/mol. The van der Waals surface area contributed by atoms with Crippen molar-refractivity contribution >= 4 is 22.7 Å². The minimum atomic E-state index is -0.301.